The number of aromatic carboxylic acids is 1. The Morgan fingerprint density at radius 3 is 2.32 bits per heavy atom. The van der Waals surface area contributed by atoms with Crippen LogP contribution in [-0.4, -0.2) is 11.1 Å². The maximum absolute atomic E-state index is 10.7. The van der Waals surface area contributed by atoms with Crippen molar-refractivity contribution in [3.8, 4) is 0 Å². The quantitative estimate of drug-likeness (QED) is 0.623. The van der Waals surface area contributed by atoms with Gasteiger partial charge in [0.1, 0.15) is 0 Å². The van der Waals surface area contributed by atoms with Gasteiger partial charge in [-0.15, -0.1) is 0 Å². The lowest BCUT2D eigenvalue weighted by Gasteiger charge is -1.98. The summed E-state index contributed by atoms with van der Waals surface area (Å²) in [7, 11) is 0. The Morgan fingerprint density at radius 1 is 1.05 bits per heavy atom. The Kier molecular flexibility index (Phi) is 7.64. The van der Waals surface area contributed by atoms with Crippen LogP contribution in [0, 0.1) is 0 Å². The lowest BCUT2D eigenvalue weighted by Crippen LogP contribution is -1.94. The van der Waals surface area contributed by atoms with Crippen LogP contribution in [0.3, 0.4) is 0 Å². The largest absolute Gasteiger partial charge is 0.478 e. The lowest BCUT2D eigenvalue weighted by molar-refractivity contribution is 0.0697. The van der Waals surface area contributed by atoms with Crippen LogP contribution in [0.4, 0.5) is 0 Å². The zero-order chi connectivity index (χ0) is 13.9. The fraction of sp³-hybridized carbons (Fsp3) is 0.471. The molecule has 0 bridgehead atoms. The van der Waals surface area contributed by atoms with Crippen molar-refractivity contribution in [2.75, 3.05) is 0 Å². The van der Waals surface area contributed by atoms with E-state index in [9.17, 15) is 4.79 Å². The number of hydrogen-bond acceptors (Lipinski definition) is 1. The molecule has 0 aromatic heterocycles. The van der Waals surface area contributed by atoms with Gasteiger partial charge in [-0.2, -0.15) is 0 Å². The summed E-state index contributed by atoms with van der Waals surface area (Å²) in [6.45, 7) is 2.23. The van der Waals surface area contributed by atoms with Gasteiger partial charge in [-0.05, 0) is 30.5 Å². The van der Waals surface area contributed by atoms with Crippen molar-refractivity contribution < 1.29 is 9.90 Å². The molecule has 0 fully saturated rings. The molecule has 0 amide bonds. The van der Waals surface area contributed by atoms with Gasteiger partial charge in [0.2, 0.25) is 0 Å². The van der Waals surface area contributed by atoms with E-state index in [1.54, 1.807) is 12.1 Å². The first kappa shape index (κ1) is 15.5. The van der Waals surface area contributed by atoms with E-state index in [1.165, 1.54) is 38.5 Å². The molecule has 2 heteroatoms. The fourth-order valence-corrected chi connectivity index (χ4v) is 2.00. The number of rotatable bonds is 9. The molecular formula is C17H24O2. The van der Waals surface area contributed by atoms with Crippen LogP contribution in [-0.2, 0) is 0 Å². The highest BCUT2D eigenvalue weighted by molar-refractivity contribution is 5.87. The van der Waals surface area contributed by atoms with Gasteiger partial charge in [0.15, 0.2) is 0 Å². The van der Waals surface area contributed by atoms with E-state index in [0.717, 1.165) is 12.0 Å². The molecule has 2 nitrogen and oxygen atoms in total. The number of hydrogen-bond donors (Lipinski definition) is 1. The zero-order valence-electron chi connectivity index (χ0n) is 11.8. The molecule has 1 aromatic rings. The SMILES string of the molecule is CCCCCCCCC=Cc1ccc(C(=O)O)cc1. The van der Waals surface area contributed by atoms with Gasteiger partial charge in [0, 0.05) is 0 Å². The second kappa shape index (κ2) is 9.37. The van der Waals surface area contributed by atoms with Crippen molar-refractivity contribution in [2.45, 2.75) is 51.9 Å². The molecule has 0 aliphatic heterocycles. The maximum atomic E-state index is 10.7. The van der Waals surface area contributed by atoms with Crippen LogP contribution in [0.25, 0.3) is 6.08 Å². The van der Waals surface area contributed by atoms with Gasteiger partial charge in [-0.3, -0.25) is 0 Å². The lowest BCUT2D eigenvalue weighted by atomic mass is 10.1. The fourth-order valence-electron chi connectivity index (χ4n) is 2.00. The summed E-state index contributed by atoms with van der Waals surface area (Å²) in [5.74, 6) is -0.873. The van der Waals surface area contributed by atoms with Crippen molar-refractivity contribution in [3.05, 3.63) is 41.5 Å². The molecule has 0 heterocycles. The van der Waals surface area contributed by atoms with Crippen LogP contribution in [0.1, 0.15) is 67.8 Å². The Balaban J connectivity index is 2.20. The van der Waals surface area contributed by atoms with Crippen molar-refractivity contribution >= 4 is 12.0 Å². The molecule has 1 aromatic carbocycles. The summed E-state index contributed by atoms with van der Waals surface area (Å²) in [4.78, 5) is 10.7. The molecule has 19 heavy (non-hydrogen) atoms. The van der Waals surface area contributed by atoms with Crippen molar-refractivity contribution in [3.63, 3.8) is 0 Å². The van der Waals surface area contributed by atoms with E-state index < -0.39 is 5.97 Å². The summed E-state index contributed by atoms with van der Waals surface area (Å²) in [5, 5.41) is 8.79. The Bertz CT molecular complexity index is 390. The van der Waals surface area contributed by atoms with Gasteiger partial charge in [0.25, 0.3) is 0 Å². The summed E-state index contributed by atoms with van der Waals surface area (Å²) in [6.07, 6.45) is 13.2. The van der Waals surface area contributed by atoms with E-state index in [1.807, 2.05) is 12.1 Å². The van der Waals surface area contributed by atoms with E-state index >= 15 is 0 Å². The summed E-state index contributed by atoms with van der Waals surface area (Å²) in [6, 6.07) is 6.99. The molecular weight excluding hydrogens is 236 g/mol. The highest BCUT2D eigenvalue weighted by Gasteiger charge is 1.99. The molecule has 0 saturated carbocycles. The Hall–Kier alpha value is -1.57. The van der Waals surface area contributed by atoms with Crippen molar-refractivity contribution in [1.29, 1.82) is 0 Å². The number of carboxylic acid groups (broad SMARTS) is 1. The van der Waals surface area contributed by atoms with Crippen molar-refractivity contribution in [2.24, 2.45) is 0 Å². The minimum absolute atomic E-state index is 0.341. The molecule has 0 unspecified atom stereocenters. The average molecular weight is 260 g/mol. The van der Waals surface area contributed by atoms with Crippen LogP contribution in [0.5, 0.6) is 0 Å². The third-order valence-corrected chi connectivity index (χ3v) is 3.19. The first-order chi connectivity index (χ1) is 9.24. The second-order valence-corrected chi connectivity index (χ2v) is 4.89. The number of unbranched alkanes of at least 4 members (excludes halogenated alkanes) is 6. The monoisotopic (exact) mass is 260 g/mol. The first-order valence-electron chi connectivity index (χ1n) is 7.24. The highest BCUT2D eigenvalue weighted by Crippen LogP contribution is 2.10. The molecule has 0 spiro atoms. The van der Waals surface area contributed by atoms with Crippen LogP contribution in [0.15, 0.2) is 30.3 Å². The second-order valence-electron chi connectivity index (χ2n) is 4.89. The molecule has 104 valence electrons. The normalized spacial score (nSPS) is 11.0. The average Bonchev–Trinajstić information content (AvgIpc) is 2.42. The predicted molar refractivity (Wildman–Crippen MR) is 80.4 cm³/mol. The topological polar surface area (TPSA) is 37.3 Å². The zero-order valence-corrected chi connectivity index (χ0v) is 11.8. The van der Waals surface area contributed by atoms with Gasteiger partial charge in [0.05, 0.1) is 5.56 Å². The molecule has 0 atom stereocenters. The Morgan fingerprint density at radius 2 is 1.68 bits per heavy atom. The van der Waals surface area contributed by atoms with Gasteiger partial charge in [-0.1, -0.05) is 63.3 Å². The van der Waals surface area contributed by atoms with E-state index in [2.05, 4.69) is 19.1 Å². The highest BCUT2D eigenvalue weighted by atomic mass is 16.4. The van der Waals surface area contributed by atoms with E-state index in [-0.39, 0.29) is 0 Å². The minimum atomic E-state index is -0.873. The molecule has 0 saturated heterocycles. The summed E-state index contributed by atoms with van der Waals surface area (Å²) >= 11 is 0. The van der Waals surface area contributed by atoms with Gasteiger partial charge in [-0.25, -0.2) is 4.79 Å². The number of benzene rings is 1. The van der Waals surface area contributed by atoms with Crippen LogP contribution >= 0.6 is 0 Å². The Labute approximate surface area is 116 Å². The third-order valence-electron chi connectivity index (χ3n) is 3.19. The molecule has 0 aliphatic carbocycles. The molecule has 0 aliphatic rings. The molecule has 1 rings (SSSR count). The first-order valence-corrected chi connectivity index (χ1v) is 7.24. The summed E-state index contributed by atoms with van der Waals surface area (Å²) in [5.41, 5.74) is 1.41. The molecule has 0 radical (unpaired) electrons. The van der Waals surface area contributed by atoms with E-state index in [4.69, 9.17) is 5.11 Å². The van der Waals surface area contributed by atoms with E-state index in [0.29, 0.717) is 5.56 Å². The van der Waals surface area contributed by atoms with Gasteiger partial charge < -0.3 is 5.11 Å². The minimum Gasteiger partial charge on any atom is -0.478 e. The van der Waals surface area contributed by atoms with Crippen LogP contribution < -0.4 is 0 Å². The smallest absolute Gasteiger partial charge is 0.335 e. The standard InChI is InChI=1S/C17H24O2/c1-2-3-4-5-6-7-8-9-10-15-11-13-16(14-12-15)17(18)19/h9-14H,2-8H2,1H3,(H,18,19). The predicted octanol–water partition coefficient (Wildman–Crippen LogP) is 5.15. The van der Waals surface area contributed by atoms with Gasteiger partial charge >= 0.3 is 5.97 Å². The summed E-state index contributed by atoms with van der Waals surface area (Å²) < 4.78 is 0. The molecule has 1 N–H and O–H groups in total. The van der Waals surface area contributed by atoms with Crippen molar-refractivity contribution in [1.82, 2.24) is 0 Å². The number of carboxylic acids is 1. The third kappa shape index (κ3) is 6.80. The number of carbonyl (C=O) groups is 1. The van der Waals surface area contributed by atoms with Crippen LogP contribution in [0.2, 0.25) is 0 Å². The maximum Gasteiger partial charge on any atom is 0.335 e. The number of allylic oxidation sites excluding steroid dienone is 1.